The van der Waals surface area contributed by atoms with Crippen molar-refractivity contribution in [1.29, 1.82) is 0 Å². The van der Waals surface area contributed by atoms with Gasteiger partial charge in [0.05, 0.1) is 5.75 Å². The number of ether oxygens (including phenoxy) is 1. The lowest BCUT2D eigenvalue weighted by atomic mass is 10.2. The molecule has 0 radical (unpaired) electrons. The molecule has 1 heterocycles. The fourth-order valence-corrected chi connectivity index (χ4v) is 3.81. The Kier molecular flexibility index (Phi) is 7.45. The van der Waals surface area contributed by atoms with E-state index in [1.54, 1.807) is 24.3 Å². The molecule has 0 saturated carbocycles. The first-order chi connectivity index (χ1) is 14.0. The Labute approximate surface area is 180 Å². The van der Waals surface area contributed by atoms with Crippen LogP contribution in [0.1, 0.15) is 5.56 Å². The van der Waals surface area contributed by atoms with E-state index >= 15 is 0 Å². The molecule has 0 aliphatic heterocycles. The highest BCUT2D eigenvalue weighted by molar-refractivity contribution is 8.01. The van der Waals surface area contributed by atoms with Crippen LogP contribution in [0.3, 0.4) is 0 Å². The number of rotatable bonds is 8. The summed E-state index contributed by atoms with van der Waals surface area (Å²) in [6.45, 7) is 1.82. The lowest BCUT2D eigenvalue weighted by Gasteiger charge is -2.05. The van der Waals surface area contributed by atoms with Crippen LogP contribution in [-0.4, -0.2) is 34.4 Å². The zero-order chi connectivity index (χ0) is 20.6. The van der Waals surface area contributed by atoms with Gasteiger partial charge < -0.3 is 10.1 Å². The van der Waals surface area contributed by atoms with Crippen LogP contribution in [0, 0.1) is 6.92 Å². The molecule has 3 rings (SSSR count). The highest BCUT2D eigenvalue weighted by Crippen LogP contribution is 2.25. The SMILES string of the molecule is Cc1ccc(NC(=O)CSc2nnc(NC(=O)COc3ccc(Cl)cc3)s2)cc1. The molecule has 0 saturated heterocycles. The number of hydrogen-bond donors (Lipinski definition) is 2. The largest absolute Gasteiger partial charge is 0.484 e. The van der Waals surface area contributed by atoms with Gasteiger partial charge in [-0.2, -0.15) is 0 Å². The van der Waals surface area contributed by atoms with Crippen molar-refractivity contribution in [2.24, 2.45) is 0 Å². The number of carbonyl (C=O) groups excluding carboxylic acids is 2. The minimum atomic E-state index is -0.357. The van der Waals surface area contributed by atoms with Gasteiger partial charge in [-0.05, 0) is 43.3 Å². The van der Waals surface area contributed by atoms with Crippen LogP contribution in [0.2, 0.25) is 5.02 Å². The number of anilines is 2. The maximum Gasteiger partial charge on any atom is 0.264 e. The zero-order valence-electron chi connectivity index (χ0n) is 15.3. The number of nitrogens with zero attached hydrogens (tertiary/aromatic N) is 2. The van der Waals surface area contributed by atoms with Gasteiger partial charge in [0.15, 0.2) is 10.9 Å². The van der Waals surface area contributed by atoms with Gasteiger partial charge in [-0.15, -0.1) is 10.2 Å². The molecule has 0 unspecified atom stereocenters. The second-order valence-corrected chi connectivity index (χ2v) is 8.50. The Morgan fingerprint density at radius 3 is 2.48 bits per heavy atom. The van der Waals surface area contributed by atoms with Crippen molar-refractivity contribution in [1.82, 2.24) is 10.2 Å². The molecule has 2 N–H and O–H groups in total. The number of thioether (sulfide) groups is 1. The molecule has 3 aromatic rings. The number of amides is 2. The van der Waals surface area contributed by atoms with Gasteiger partial charge in [0.1, 0.15) is 5.75 Å². The maximum atomic E-state index is 12.0. The Balaban J connectivity index is 1.41. The summed E-state index contributed by atoms with van der Waals surface area (Å²) in [6.07, 6.45) is 0. The Bertz CT molecular complexity index is 978. The molecule has 0 fully saturated rings. The van der Waals surface area contributed by atoms with Gasteiger partial charge in [0.25, 0.3) is 5.91 Å². The Morgan fingerprint density at radius 1 is 1.03 bits per heavy atom. The normalized spacial score (nSPS) is 10.4. The maximum absolute atomic E-state index is 12.0. The molecule has 0 bridgehead atoms. The molecule has 0 spiro atoms. The van der Waals surface area contributed by atoms with Crippen molar-refractivity contribution in [3.63, 3.8) is 0 Å². The molecule has 1 aromatic heterocycles. The van der Waals surface area contributed by atoms with E-state index in [-0.39, 0.29) is 24.2 Å². The predicted molar refractivity (Wildman–Crippen MR) is 116 cm³/mol. The van der Waals surface area contributed by atoms with Crippen LogP contribution >= 0.6 is 34.7 Å². The topological polar surface area (TPSA) is 93.2 Å². The smallest absolute Gasteiger partial charge is 0.264 e. The average molecular weight is 449 g/mol. The van der Waals surface area contributed by atoms with Gasteiger partial charge in [0, 0.05) is 10.7 Å². The summed E-state index contributed by atoms with van der Waals surface area (Å²) in [4.78, 5) is 24.0. The number of halogens is 1. The molecule has 2 amide bonds. The summed E-state index contributed by atoms with van der Waals surface area (Å²) in [6, 6.07) is 14.3. The molecular weight excluding hydrogens is 432 g/mol. The van der Waals surface area contributed by atoms with Crippen LogP contribution in [0.5, 0.6) is 5.75 Å². The van der Waals surface area contributed by atoms with E-state index in [1.165, 1.54) is 23.1 Å². The van der Waals surface area contributed by atoms with E-state index in [0.717, 1.165) is 11.3 Å². The zero-order valence-corrected chi connectivity index (χ0v) is 17.7. The first-order valence-electron chi connectivity index (χ1n) is 8.49. The molecule has 0 aliphatic rings. The number of nitrogens with one attached hydrogen (secondary N) is 2. The van der Waals surface area contributed by atoms with Crippen LogP contribution in [0.25, 0.3) is 0 Å². The van der Waals surface area contributed by atoms with E-state index in [0.29, 0.717) is 20.2 Å². The standard InChI is InChI=1S/C19H17ClN4O3S2/c1-12-2-6-14(7-3-12)21-17(26)11-28-19-24-23-18(29-19)22-16(25)10-27-15-8-4-13(20)5-9-15/h2-9H,10-11H2,1H3,(H,21,26)(H,22,23,25). The molecule has 7 nitrogen and oxygen atoms in total. The van der Waals surface area contributed by atoms with Crippen molar-refractivity contribution < 1.29 is 14.3 Å². The highest BCUT2D eigenvalue weighted by Gasteiger charge is 2.11. The van der Waals surface area contributed by atoms with Crippen LogP contribution < -0.4 is 15.4 Å². The number of benzene rings is 2. The molecule has 0 atom stereocenters. The lowest BCUT2D eigenvalue weighted by molar-refractivity contribution is -0.118. The van der Waals surface area contributed by atoms with Gasteiger partial charge >= 0.3 is 0 Å². The van der Waals surface area contributed by atoms with Crippen molar-refractivity contribution in [2.75, 3.05) is 23.0 Å². The van der Waals surface area contributed by atoms with Crippen LogP contribution in [0.4, 0.5) is 10.8 Å². The number of aryl methyl sites for hydroxylation is 1. The minimum Gasteiger partial charge on any atom is -0.484 e. The van der Waals surface area contributed by atoms with Crippen molar-refractivity contribution in [2.45, 2.75) is 11.3 Å². The van der Waals surface area contributed by atoms with Crippen molar-refractivity contribution in [3.8, 4) is 5.75 Å². The average Bonchev–Trinajstić information content (AvgIpc) is 3.15. The van der Waals surface area contributed by atoms with E-state index in [9.17, 15) is 9.59 Å². The minimum absolute atomic E-state index is 0.143. The van der Waals surface area contributed by atoms with Crippen LogP contribution in [-0.2, 0) is 9.59 Å². The van der Waals surface area contributed by atoms with E-state index in [4.69, 9.17) is 16.3 Å². The lowest BCUT2D eigenvalue weighted by Crippen LogP contribution is -2.20. The monoisotopic (exact) mass is 448 g/mol. The summed E-state index contributed by atoms with van der Waals surface area (Å²) >= 11 is 8.24. The number of carbonyl (C=O) groups is 2. The molecule has 150 valence electrons. The first-order valence-corrected chi connectivity index (χ1v) is 10.7. The summed E-state index contributed by atoms with van der Waals surface area (Å²) in [5.74, 6) is 0.231. The van der Waals surface area contributed by atoms with E-state index < -0.39 is 0 Å². The van der Waals surface area contributed by atoms with E-state index in [2.05, 4.69) is 20.8 Å². The van der Waals surface area contributed by atoms with E-state index in [1.807, 2.05) is 31.2 Å². The highest BCUT2D eigenvalue weighted by atomic mass is 35.5. The third-order valence-corrected chi connectivity index (χ3v) is 5.72. The molecule has 29 heavy (non-hydrogen) atoms. The second-order valence-electron chi connectivity index (χ2n) is 5.87. The molecular formula is C19H17ClN4O3S2. The second kappa shape index (κ2) is 10.2. The number of hydrogen-bond acceptors (Lipinski definition) is 7. The quantitative estimate of drug-likeness (QED) is 0.395. The van der Waals surface area contributed by atoms with Gasteiger partial charge in [0.2, 0.25) is 11.0 Å². The van der Waals surface area contributed by atoms with Gasteiger partial charge in [-0.1, -0.05) is 52.4 Å². The predicted octanol–water partition coefficient (Wildman–Crippen LogP) is 4.25. The third kappa shape index (κ3) is 7.04. The Hall–Kier alpha value is -2.62. The molecule has 2 aromatic carbocycles. The summed E-state index contributed by atoms with van der Waals surface area (Å²) in [5, 5.41) is 14.2. The summed E-state index contributed by atoms with van der Waals surface area (Å²) in [5.41, 5.74) is 1.87. The fourth-order valence-electron chi connectivity index (χ4n) is 2.11. The Morgan fingerprint density at radius 2 is 1.76 bits per heavy atom. The summed E-state index contributed by atoms with van der Waals surface area (Å²) in [7, 11) is 0. The van der Waals surface area contributed by atoms with Gasteiger partial charge in [-0.25, -0.2) is 0 Å². The van der Waals surface area contributed by atoms with Crippen molar-refractivity contribution in [3.05, 3.63) is 59.1 Å². The van der Waals surface area contributed by atoms with Gasteiger partial charge in [-0.3, -0.25) is 14.9 Å². The number of aromatic nitrogens is 2. The van der Waals surface area contributed by atoms with Crippen molar-refractivity contribution >= 4 is 57.3 Å². The molecule has 10 heteroatoms. The molecule has 0 aliphatic carbocycles. The third-order valence-electron chi connectivity index (χ3n) is 3.50. The van der Waals surface area contributed by atoms with Crippen LogP contribution in [0.15, 0.2) is 52.9 Å². The summed E-state index contributed by atoms with van der Waals surface area (Å²) < 4.78 is 5.95. The fraction of sp³-hybridized carbons (Fsp3) is 0.158. The first kappa shape index (κ1) is 21.1.